The van der Waals surface area contributed by atoms with Crippen LogP contribution in [-0.2, 0) is 76.1 Å². The summed E-state index contributed by atoms with van der Waals surface area (Å²) in [7, 11) is 0. The normalized spacial score (nSPS) is 49.7. The first-order chi connectivity index (χ1) is 41.6. The van der Waals surface area contributed by atoms with Gasteiger partial charge in [-0.05, 0) is 92.8 Å². The molecule has 0 bridgehead atoms. The molecule has 28 nitrogen and oxygen atoms in total. The van der Waals surface area contributed by atoms with Crippen LogP contribution in [0.15, 0.2) is 23.3 Å². The van der Waals surface area contributed by atoms with Gasteiger partial charge >= 0.3 is 23.9 Å². The van der Waals surface area contributed by atoms with Crippen LogP contribution in [0.4, 0.5) is 0 Å². The van der Waals surface area contributed by atoms with Crippen molar-refractivity contribution >= 4 is 30.2 Å². The first-order valence-corrected chi connectivity index (χ1v) is 30.7. The number of carbonyl (C=O) groups excluding carboxylic acids is 4. The van der Waals surface area contributed by atoms with E-state index in [1.807, 2.05) is 13.8 Å². The van der Waals surface area contributed by atoms with Crippen molar-refractivity contribution in [3.05, 3.63) is 23.3 Å². The highest BCUT2D eigenvalue weighted by atomic mass is 16.8. The molecule has 9 aliphatic rings. The number of aliphatic hydroxyl groups excluding tert-OH is 11. The van der Waals surface area contributed by atoms with E-state index < -0.39 is 223 Å². The summed E-state index contributed by atoms with van der Waals surface area (Å²) in [6.07, 6.45) is -32.9. The second-order valence-corrected chi connectivity index (χ2v) is 27.9. The van der Waals surface area contributed by atoms with E-state index in [2.05, 4.69) is 26.8 Å². The minimum absolute atomic E-state index is 0.0912. The topological polar surface area (TPSA) is 430 Å². The van der Waals surface area contributed by atoms with Gasteiger partial charge in [0.15, 0.2) is 31.3 Å². The number of carbonyl (C=O) groups is 5. The summed E-state index contributed by atoms with van der Waals surface area (Å²) < 4.78 is 66.6. The largest absolute Gasteiger partial charge is 0.479 e. The molecule has 8 fully saturated rings. The summed E-state index contributed by atoms with van der Waals surface area (Å²) in [5.74, 6) is -4.97. The maximum absolute atomic E-state index is 14.3. The molecule has 9 rings (SSSR count). The minimum Gasteiger partial charge on any atom is -0.479 e. The van der Waals surface area contributed by atoms with E-state index >= 15 is 0 Å². The van der Waals surface area contributed by atoms with Gasteiger partial charge in [-0.25, -0.2) is 9.59 Å². The Labute approximate surface area is 515 Å². The van der Waals surface area contributed by atoms with Gasteiger partial charge in [0.1, 0.15) is 111 Å². The molecule has 0 radical (unpaired) electrons. The molecule has 12 N–H and O–H groups in total. The average Bonchev–Trinajstić information content (AvgIpc) is 0.693. The van der Waals surface area contributed by atoms with Crippen LogP contribution in [0.25, 0.3) is 0 Å². The Hall–Kier alpha value is -3.73. The number of aliphatic hydroxyl groups is 11. The van der Waals surface area contributed by atoms with Crippen molar-refractivity contribution in [3.8, 4) is 0 Å². The molecule has 5 aliphatic carbocycles. The SMILES string of the molecule is CC=C(C)C(=O)OC1C(O)C2(COC(C)=O)C(OC(C)=O)CC3(C)C(=CCC4C5(C)CCC(OC6OC(C(=O)O)C(O)C(OC7OCC(O)C(O)C7OC7OCC(O)C(O)C7O)C6OC6OC(CO)C(O)C(O)C6O)C(C)(C=O)C5CCC43C)C2CC1(C)C. The van der Waals surface area contributed by atoms with Crippen LogP contribution >= 0.6 is 0 Å². The molecule has 28 heteroatoms. The molecule has 0 spiro atoms. The van der Waals surface area contributed by atoms with Crippen molar-refractivity contribution in [1.82, 2.24) is 0 Å². The average molecular weight is 1270 g/mol. The van der Waals surface area contributed by atoms with E-state index in [1.165, 1.54) is 13.8 Å². The van der Waals surface area contributed by atoms with Crippen LogP contribution in [0, 0.1) is 50.2 Å². The molecule has 0 aromatic carbocycles. The summed E-state index contributed by atoms with van der Waals surface area (Å²) in [5, 5.41) is 132. The highest BCUT2D eigenvalue weighted by Crippen LogP contribution is 2.76. The molecular weight excluding hydrogens is 1180 g/mol. The van der Waals surface area contributed by atoms with Crippen molar-refractivity contribution in [2.45, 2.75) is 249 Å². The first-order valence-electron chi connectivity index (χ1n) is 30.7. The third-order valence-electron chi connectivity index (χ3n) is 22.5. The van der Waals surface area contributed by atoms with Crippen LogP contribution in [0.2, 0.25) is 0 Å². The van der Waals surface area contributed by atoms with Crippen molar-refractivity contribution in [2.75, 3.05) is 26.4 Å². The van der Waals surface area contributed by atoms with E-state index in [4.69, 9.17) is 52.1 Å². The van der Waals surface area contributed by atoms with Crippen molar-refractivity contribution in [2.24, 2.45) is 50.2 Å². The quantitative estimate of drug-likeness (QED) is 0.0210. The van der Waals surface area contributed by atoms with Gasteiger partial charge in [0.25, 0.3) is 0 Å². The lowest BCUT2D eigenvalue weighted by Crippen LogP contribution is -2.72. The van der Waals surface area contributed by atoms with Crippen LogP contribution < -0.4 is 0 Å². The number of esters is 3. The molecule has 4 saturated carbocycles. The predicted octanol–water partition coefficient (Wildman–Crippen LogP) is -1.44. The molecule has 0 aromatic rings. The van der Waals surface area contributed by atoms with E-state index in [0.717, 1.165) is 11.9 Å². The van der Waals surface area contributed by atoms with E-state index in [1.54, 1.807) is 26.8 Å². The molecule has 0 aromatic heterocycles. The van der Waals surface area contributed by atoms with Crippen LogP contribution in [0.3, 0.4) is 0 Å². The molecule has 4 heterocycles. The fourth-order valence-electron chi connectivity index (χ4n) is 17.2. The number of rotatable bonds is 16. The zero-order valence-electron chi connectivity index (χ0n) is 51.8. The van der Waals surface area contributed by atoms with Gasteiger partial charge in [-0.1, -0.05) is 59.3 Å². The number of hydrogen-bond acceptors (Lipinski definition) is 27. The first kappa shape index (κ1) is 69.6. The number of ether oxygens (including phenoxy) is 11. The Morgan fingerprint density at radius 2 is 1.28 bits per heavy atom. The van der Waals surface area contributed by atoms with Gasteiger partial charge in [-0.2, -0.15) is 0 Å². The number of hydrogen-bond donors (Lipinski definition) is 12. The fraction of sp³-hybridized carbons (Fsp3) is 0.852. The molecule has 4 saturated heterocycles. The lowest BCUT2D eigenvalue weighted by molar-refractivity contribution is -0.398. The van der Waals surface area contributed by atoms with E-state index in [9.17, 15) is 85.3 Å². The van der Waals surface area contributed by atoms with Gasteiger partial charge in [0.05, 0.1) is 36.8 Å². The van der Waals surface area contributed by atoms with Crippen molar-refractivity contribution in [1.29, 1.82) is 0 Å². The van der Waals surface area contributed by atoms with Crippen LogP contribution in [0.1, 0.15) is 114 Å². The summed E-state index contributed by atoms with van der Waals surface area (Å²) in [6, 6.07) is 0. The number of carboxylic acids is 1. The Balaban J connectivity index is 1.07. The third-order valence-corrected chi connectivity index (χ3v) is 22.5. The molecule has 0 amide bonds. The Morgan fingerprint density at radius 1 is 0.652 bits per heavy atom. The molecule has 30 atom stereocenters. The minimum atomic E-state index is -2.29. The van der Waals surface area contributed by atoms with Crippen LogP contribution in [0.5, 0.6) is 0 Å². The van der Waals surface area contributed by atoms with Crippen molar-refractivity contribution in [3.63, 3.8) is 0 Å². The zero-order valence-corrected chi connectivity index (χ0v) is 51.8. The number of aliphatic carboxylic acids is 1. The number of carboxylic acid groups (broad SMARTS) is 1. The third kappa shape index (κ3) is 11.9. The smallest absolute Gasteiger partial charge is 0.335 e. The van der Waals surface area contributed by atoms with Gasteiger partial charge in [0, 0.05) is 24.8 Å². The molecule has 4 aliphatic heterocycles. The standard InChI is InChI=1S/C61H92O28/c1-11-25(2)51(78)89-49-48(75)61(24-81-26(3)64)29(18-56(49,5)6)28-12-13-34-57(7)16-15-35(58(8,23-63)33(57)14-17-59(34,9)60(28,10)19-36(61)82-27(4)65)84-55-47(88-53-42(73)40(71)39(70)32(20-62)83-53)44(43(74)45(86-55)50(76)77)85-54-46(38(69)31(67)22-80-54)87-52-41(72)37(68)30(66)21-79-52/h11-12,23,29-49,52-55,62,66-75H,13-22,24H2,1-10H3,(H,76,77). The summed E-state index contributed by atoms with van der Waals surface area (Å²) >= 11 is 0. The molecule has 30 unspecified atom stereocenters. The van der Waals surface area contributed by atoms with E-state index in [-0.39, 0.29) is 25.4 Å². The number of aldehydes is 1. The van der Waals surface area contributed by atoms with Crippen molar-refractivity contribution < 1.29 is 137 Å². The summed E-state index contributed by atoms with van der Waals surface area (Å²) in [4.78, 5) is 67.1. The molecule has 504 valence electrons. The lowest BCUT2D eigenvalue weighted by atomic mass is 9.33. The fourth-order valence-corrected chi connectivity index (χ4v) is 17.2. The zero-order chi connectivity index (χ0) is 65.6. The highest BCUT2D eigenvalue weighted by molar-refractivity contribution is 5.87. The maximum atomic E-state index is 14.3. The Bertz CT molecular complexity index is 2670. The summed E-state index contributed by atoms with van der Waals surface area (Å²) in [5.41, 5.74) is -4.65. The highest BCUT2D eigenvalue weighted by Gasteiger charge is 2.75. The van der Waals surface area contributed by atoms with Gasteiger partial charge in [-0.15, -0.1) is 0 Å². The number of fused-ring (bicyclic) bond motifs is 7. The summed E-state index contributed by atoms with van der Waals surface area (Å²) in [6.45, 7) is 15.3. The van der Waals surface area contributed by atoms with Gasteiger partial charge in [0.2, 0.25) is 0 Å². The predicted molar refractivity (Wildman–Crippen MR) is 298 cm³/mol. The Kier molecular flexibility index (Phi) is 20.2. The van der Waals surface area contributed by atoms with E-state index in [0.29, 0.717) is 37.7 Å². The Morgan fingerprint density at radius 3 is 1.90 bits per heavy atom. The van der Waals surface area contributed by atoms with Gasteiger partial charge in [-0.3, -0.25) is 9.59 Å². The number of allylic oxidation sites excluding steroid dienone is 3. The van der Waals surface area contributed by atoms with Crippen LogP contribution in [-0.4, -0.2) is 253 Å². The molecule has 89 heavy (non-hydrogen) atoms. The second kappa shape index (κ2) is 25.9. The second-order valence-electron chi connectivity index (χ2n) is 27.9. The van der Waals surface area contributed by atoms with Gasteiger partial charge < -0.3 is 118 Å². The maximum Gasteiger partial charge on any atom is 0.335 e. The monoisotopic (exact) mass is 1270 g/mol. The lowest BCUT2D eigenvalue weighted by Gasteiger charge is -2.72. The molecular formula is C61H92O28.